The molecule has 0 bridgehead atoms. The van der Waals surface area contributed by atoms with Gasteiger partial charge in [-0.15, -0.1) is 11.8 Å². The van der Waals surface area contributed by atoms with Gasteiger partial charge in [-0.25, -0.2) is 4.98 Å². The summed E-state index contributed by atoms with van der Waals surface area (Å²) < 4.78 is 1.07. The van der Waals surface area contributed by atoms with Crippen LogP contribution in [0.1, 0.15) is 22.8 Å². The third-order valence-electron chi connectivity index (χ3n) is 5.47. The van der Waals surface area contributed by atoms with Gasteiger partial charge in [0.1, 0.15) is 0 Å². The Hall–Kier alpha value is -1.80. The maximum Gasteiger partial charge on any atom is 0.251 e. The van der Waals surface area contributed by atoms with Crippen molar-refractivity contribution in [2.75, 3.05) is 49.9 Å². The summed E-state index contributed by atoms with van der Waals surface area (Å²) in [6, 6.07) is 11.8. The van der Waals surface area contributed by atoms with Gasteiger partial charge in [0.05, 0.1) is 15.2 Å². The van der Waals surface area contributed by atoms with E-state index in [0.717, 1.165) is 70.0 Å². The van der Waals surface area contributed by atoms with Crippen molar-refractivity contribution in [1.82, 2.24) is 15.2 Å². The number of carbonyl (C=O) groups is 1. The molecule has 1 aromatic heterocycles. The van der Waals surface area contributed by atoms with Crippen LogP contribution in [0.25, 0.3) is 10.2 Å². The first-order chi connectivity index (χ1) is 15.0. The lowest BCUT2D eigenvalue weighted by Crippen LogP contribution is -2.48. The second kappa shape index (κ2) is 10.2. The highest BCUT2D eigenvalue weighted by Gasteiger charge is 2.21. The molecule has 1 aliphatic heterocycles. The molecule has 1 saturated heterocycles. The molecule has 0 radical (unpaired) electrons. The molecule has 0 saturated carbocycles. The van der Waals surface area contributed by atoms with Gasteiger partial charge in [-0.1, -0.05) is 35.9 Å². The van der Waals surface area contributed by atoms with Gasteiger partial charge >= 0.3 is 0 Å². The number of thiazole rings is 1. The molecule has 1 aliphatic rings. The molecule has 164 valence electrons. The van der Waals surface area contributed by atoms with Crippen molar-refractivity contribution < 1.29 is 4.79 Å². The summed E-state index contributed by atoms with van der Waals surface area (Å²) >= 11 is 9.82. The molecule has 0 atom stereocenters. The number of anilines is 1. The zero-order chi connectivity index (χ0) is 21.8. The van der Waals surface area contributed by atoms with Gasteiger partial charge < -0.3 is 10.2 Å². The summed E-state index contributed by atoms with van der Waals surface area (Å²) in [6.07, 6.45) is 0. The zero-order valence-corrected chi connectivity index (χ0v) is 20.2. The summed E-state index contributed by atoms with van der Waals surface area (Å²) in [6.45, 7) is 9.49. The number of halogens is 1. The van der Waals surface area contributed by atoms with Crippen molar-refractivity contribution >= 4 is 56.0 Å². The number of carbonyl (C=O) groups excluding carboxylic acids is 1. The van der Waals surface area contributed by atoms with Crippen LogP contribution in [0.15, 0.2) is 41.3 Å². The SMILES string of the molecule is CCSc1ccc(C(=O)NCCN2CCN(c3nc4c(C)ccc(Cl)c4s3)CC2)cc1. The predicted molar refractivity (Wildman–Crippen MR) is 133 cm³/mol. The average Bonchev–Trinajstić information content (AvgIpc) is 3.24. The molecule has 0 aliphatic carbocycles. The number of aromatic nitrogens is 1. The lowest BCUT2D eigenvalue weighted by molar-refractivity contribution is 0.0947. The summed E-state index contributed by atoms with van der Waals surface area (Å²) in [5.74, 6) is 1.03. The van der Waals surface area contributed by atoms with Gasteiger partial charge in [-0.3, -0.25) is 9.69 Å². The number of rotatable bonds is 7. The van der Waals surface area contributed by atoms with Crippen LogP contribution in [0, 0.1) is 6.92 Å². The number of piperazine rings is 1. The Labute approximate surface area is 196 Å². The molecule has 31 heavy (non-hydrogen) atoms. The fraction of sp³-hybridized carbons (Fsp3) is 0.391. The Morgan fingerprint density at radius 2 is 1.90 bits per heavy atom. The topological polar surface area (TPSA) is 48.5 Å². The minimum atomic E-state index is -0.00610. The van der Waals surface area contributed by atoms with Crippen molar-refractivity contribution in [3.8, 4) is 0 Å². The first kappa shape index (κ1) is 22.4. The van der Waals surface area contributed by atoms with E-state index in [-0.39, 0.29) is 5.91 Å². The Balaban J connectivity index is 1.24. The van der Waals surface area contributed by atoms with Crippen LogP contribution in [0.3, 0.4) is 0 Å². The second-order valence-electron chi connectivity index (χ2n) is 7.58. The van der Waals surface area contributed by atoms with Crippen LogP contribution in [0.5, 0.6) is 0 Å². The molecule has 5 nitrogen and oxygen atoms in total. The summed E-state index contributed by atoms with van der Waals surface area (Å²) in [5, 5.41) is 4.87. The molecule has 1 N–H and O–H groups in total. The van der Waals surface area contributed by atoms with E-state index in [1.54, 1.807) is 23.1 Å². The van der Waals surface area contributed by atoms with Gasteiger partial charge in [0.25, 0.3) is 5.91 Å². The standard InChI is InChI=1S/C23H27ClN4OS2/c1-3-30-18-7-5-17(6-8-18)22(29)25-10-11-27-12-14-28(15-13-27)23-26-20-16(2)4-9-19(24)21(20)31-23/h4-9H,3,10-15H2,1-2H3,(H,25,29). The zero-order valence-electron chi connectivity index (χ0n) is 17.9. The van der Waals surface area contributed by atoms with E-state index in [4.69, 9.17) is 16.6 Å². The van der Waals surface area contributed by atoms with Gasteiger partial charge in [0.15, 0.2) is 5.13 Å². The predicted octanol–water partition coefficient (Wildman–Crippen LogP) is 4.92. The molecular weight excluding hydrogens is 448 g/mol. The lowest BCUT2D eigenvalue weighted by Gasteiger charge is -2.34. The van der Waals surface area contributed by atoms with Gasteiger partial charge in [-0.05, 0) is 48.6 Å². The van der Waals surface area contributed by atoms with Crippen LogP contribution in [-0.4, -0.2) is 60.8 Å². The minimum absolute atomic E-state index is 0.00610. The number of aryl methyl sites for hydroxylation is 1. The van der Waals surface area contributed by atoms with Crippen molar-refractivity contribution in [3.05, 3.63) is 52.5 Å². The smallest absolute Gasteiger partial charge is 0.251 e. The molecule has 2 aromatic carbocycles. The van der Waals surface area contributed by atoms with E-state index in [9.17, 15) is 4.79 Å². The molecule has 1 amide bonds. The van der Waals surface area contributed by atoms with E-state index in [1.807, 2.05) is 36.4 Å². The Bertz CT molecular complexity index is 1010. The van der Waals surface area contributed by atoms with Crippen LogP contribution in [0.4, 0.5) is 5.13 Å². The highest BCUT2D eigenvalue weighted by Crippen LogP contribution is 2.35. The number of thioether (sulfide) groups is 1. The van der Waals surface area contributed by atoms with Crippen LogP contribution in [0.2, 0.25) is 5.02 Å². The summed E-state index contributed by atoms with van der Waals surface area (Å²) in [7, 11) is 0. The normalized spacial score (nSPS) is 14.9. The minimum Gasteiger partial charge on any atom is -0.351 e. The number of fused-ring (bicyclic) bond motifs is 1. The second-order valence-corrected chi connectivity index (χ2v) is 10.3. The average molecular weight is 475 g/mol. The third kappa shape index (κ3) is 5.34. The van der Waals surface area contributed by atoms with Gasteiger partial charge in [0, 0.05) is 49.7 Å². The third-order valence-corrected chi connectivity index (χ3v) is 7.94. The van der Waals surface area contributed by atoms with Crippen LogP contribution in [-0.2, 0) is 0 Å². The fourth-order valence-corrected chi connectivity index (χ4v) is 5.72. The number of nitrogens with one attached hydrogen (secondary N) is 1. The fourth-order valence-electron chi connectivity index (χ4n) is 3.69. The largest absolute Gasteiger partial charge is 0.351 e. The molecule has 1 fully saturated rings. The van der Waals surface area contributed by atoms with Crippen molar-refractivity contribution in [1.29, 1.82) is 0 Å². The highest BCUT2D eigenvalue weighted by molar-refractivity contribution is 7.99. The maximum atomic E-state index is 12.4. The molecule has 3 aromatic rings. The Morgan fingerprint density at radius 3 is 2.58 bits per heavy atom. The quantitative estimate of drug-likeness (QED) is 0.492. The van der Waals surface area contributed by atoms with Gasteiger partial charge in [0.2, 0.25) is 0 Å². The molecular formula is C23H27ClN4OS2. The van der Waals surface area contributed by atoms with E-state index < -0.39 is 0 Å². The molecule has 8 heteroatoms. The Morgan fingerprint density at radius 1 is 1.16 bits per heavy atom. The summed E-state index contributed by atoms with van der Waals surface area (Å²) in [5.41, 5.74) is 2.89. The molecule has 4 rings (SSSR count). The van der Waals surface area contributed by atoms with Crippen molar-refractivity contribution in [2.45, 2.75) is 18.7 Å². The number of nitrogens with zero attached hydrogens (tertiary/aromatic N) is 3. The van der Waals surface area contributed by atoms with Crippen molar-refractivity contribution in [3.63, 3.8) is 0 Å². The molecule has 0 unspecified atom stereocenters. The van der Waals surface area contributed by atoms with E-state index >= 15 is 0 Å². The number of amides is 1. The van der Waals surface area contributed by atoms with Crippen LogP contribution < -0.4 is 10.2 Å². The number of hydrogen-bond donors (Lipinski definition) is 1. The monoisotopic (exact) mass is 474 g/mol. The molecule has 2 heterocycles. The van der Waals surface area contributed by atoms with E-state index in [1.165, 1.54) is 4.90 Å². The highest BCUT2D eigenvalue weighted by atomic mass is 35.5. The van der Waals surface area contributed by atoms with Gasteiger partial charge in [-0.2, -0.15) is 0 Å². The molecule has 0 spiro atoms. The first-order valence-corrected chi connectivity index (χ1v) is 12.8. The Kier molecular flexibility index (Phi) is 7.38. The first-order valence-electron chi connectivity index (χ1n) is 10.6. The number of benzene rings is 2. The van der Waals surface area contributed by atoms with Crippen molar-refractivity contribution in [2.24, 2.45) is 0 Å². The van der Waals surface area contributed by atoms with Crippen LogP contribution >= 0.6 is 34.7 Å². The van der Waals surface area contributed by atoms with E-state index in [2.05, 4.69) is 29.0 Å². The number of hydrogen-bond acceptors (Lipinski definition) is 6. The maximum absolute atomic E-state index is 12.4. The van der Waals surface area contributed by atoms with E-state index in [0.29, 0.717) is 6.54 Å². The summed E-state index contributed by atoms with van der Waals surface area (Å²) in [4.78, 5) is 23.1. The lowest BCUT2D eigenvalue weighted by atomic mass is 10.2.